The molecule has 0 radical (unpaired) electrons. The SMILES string of the molecule is COc1ccnc(NNC(=O)c2ccc(CN3C[C@@H](C)O[C@H](C)C3)cc2)n1. The van der Waals surface area contributed by atoms with E-state index in [0.717, 1.165) is 25.2 Å². The van der Waals surface area contributed by atoms with E-state index < -0.39 is 0 Å². The highest BCUT2D eigenvalue weighted by Crippen LogP contribution is 2.15. The maximum absolute atomic E-state index is 12.3. The topological polar surface area (TPSA) is 88.6 Å². The van der Waals surface area contributed by atoms with E-state index in [1.807, 2.05) is 24.3 Å². The van der Waals surface area contributed by atoms with Crippen LogP contribution in [0.4, 0.5) is 5.95 Å². The predicted octanol–water partition coefficient (Wildman–Crippen LogP) is 1.85. The first kappa shape index (κ1) is 19.1. The van der Waals surface area contributed by atoms with Gasteiger partial charge in [-0.15, -0.1) is 0 Å². The largest absolute Gasteiger partial charge is 0.481 e. The van der Waals surface area contributed by atoms with E-state index in [2.05, 4.69) is 39.6 Å². The van der Waals surface area contributed by atoms with Crippen LogP contribution in [0.3, 0.4) is 0 Å². The molecule has 0 bridgehead atoms. The summed E-state index contributed by atoms with van der Waals surface area (Å²) in [6, 6.07) is 9.20. The Morgan fingerprint density at radius 3 is 2.59 bits per heavy atom. The summed E-state index contributed by atoms with van der Waals surface area (Å²) in [5, 5.41) is 0. The third-order valence-electron chi connectivity index (χ3n) is 4.24. The van der Waals surface area contributed by atoms with Crippen molar-refractivity contribution in [3.63, 3.8) is 0 Å². The van der Waals surface area contributed by atoms with Gasteiger partial charge in [-0.2, -0.15) is 4.98 Å². The molecule has 0 aliphatic carbocycles. The number of hydrogen-bond acceptors (Lipinski definition) is 7. The lowest BCUT2D eigenvalue weighted by molar-refractivity contribution is -0.0704. The van der Waals surface area contributed by atoms with Crippen molar-refractivity contribution < 1.29 is 14.3 Å². The van der Waals surface area contributed by atoms with Crippen molar-refractivity contribution >= 4 is 11.9 Å². The first-order chi connectivity index (χ1) is 13.0. The van der Waals surface area contributed by atoms with Gasteiger partial charge in [-0.3, -0.25) is 20.5 Å². The number of nitrogens with zero attached hydrogens (tertiary/aromatic N) is 3. The molecule has 1 aromatic heterocycles. The summed E-state index contributed by atoms with van der Waals surface area (Å²) in [5.41, 5.74) is 6.98. The van der Waals surface area contributed by atoms with E-state index in [4.69, 9.17) is 9.47 Å². The molecule has 1 aromatic carbocycles. The van der Waals surface area contributed by atoms with Crippen molar-refractivity contribution in [3.8, 4) is 5.88 Å². The second kappa shape index (κ2) is 8.79. The molecule has 1 saturated heterocycles. The number of hydrogen-bond donors (Lipinski definition) is 2. The Balaban J connectivity index is 1.54. The van der Waals surface area contributed by atoms with Gasteiger partial charge in [0.25, 0.3) is 5.91 Å². The summed E-state index contributed by atoms with van der Waals surface area (Å²) >= 11 is 0. The quantitative estimate of drug-likeness (QED) is 0.749. The number of amides is 1. The van der Waals surface area contributed by atoms with Gasteiger partial charge >= 0.3 is 0 Å². The lowest BCUT2D eigenvalue weighted by atomic mass is 10.1. The molecule has 2 aromatic rings. The van der Waals surface area contributed by atoms with Crippen LogP contribution < -0.4 is 15.6 Å². The molecule has 27 heavy (non-hydrogen) atoms. The Labute approximate surface area is 158 Å². The fraction of sp³-hybridized carbons (Fsp3) is 0.421. The number of carbonyl (C=O) groups is 1. The highest BCUT2D eigenvalue weighted by atomic mass is 16.5. The smallest absolute Gasteiger partial charge is 0.269 e. The molecule has 1 aliphatic heterocycles. The molecule has 144 valence electrons. The number of aromatic nitrogens is 2. The van der Waals surface area contributed by atoms with Gasteiger partial charge in [-0.25, -0.2) is 4.98 Å². The zero-order chi connectivity index (χ0) is 19.2. The molecule has 0 unspecified atom stereocenters. The summed E-state index contributed by atoms with van der Waals surface area (Å²) in [5.74, 6) is 0.411. The molecular weight excluding hydrogens is 346 g/mol. The van der Waals surface area contributed by atoms with E-state index >= 15 is 0 Å². The van der Waals surface area contributed by atoms with Crippen LogP contribution >= 0.6 is 0 Å². The fourth-order valence-corrected chi connectivity index (χ4v) is 3.13. The number of morpholine rings is 1. The summed E-state index contributed by atoms with van der Waals surface area (Å²) < 4.78 is 10.8. The van der Waals surface area contributed by atoms with Crippen LogP contribution in [0.2, 0.25) is 0 Å². The van der Waals surface area contributed by atoms with Crippen molar-refractivity contribution in [1.82, 2.24) is 20.3 Å². The van der Waals surface area contributed by atoms with Crippen molar-refractivity contribution in [2.45, 2.75) is 32.6 Å². The third-order valence-corrected chi connectivity index (χ3v) is 4.24. The summed E-state index contributed by atoms with van der Waals surface area (Å²) in [4.78, 5) is 22.7. The average molecular weight is 371 g/mol. The van der Waals surface area contributed by atoms with Crippen LogP contribution in [0.5, 0.6) is 5.88 Å². The summed E-state index contributed by atoms with van der Waals surface area (Å²) in [6.07, 6.45) is 2.02. The van der Waals surface area contributed by atoms with Gasteiger partial charge in [-0.05, 0) is 31.5 Å². The minimum atomic E-state index is -0.262. The van der Waals surface area contributed by atoms with Crippen LogP contribution in [0.15, 0.2) is 36.5 Å². The van der Waals surface area contributed by atoms with Crippen molar-refractivity contribution in [2.75, 3.05) is 25.6 Å². The van der Waals surface area contributed by atoms with Gasteiger partial charge in [-0.1, -0.05) is 12.1 Å². The average Bonchev–Trinajstić information content (AvgIpc) is 2.66. The molecule has 3 rings (SSSR count). The Kier molecular flexibility index (Phi) is 6.20. The Morgan fingerprint density at radius 1 is 1.22 bits per heavy atom. The number of hydrazine groups is 1. The first-order valence-electron chi connectivity index (χ1n) is 8.93. The molecule has 8 heteroatoms. The standard InChI is InChI=1S/C19H25N5O3/c1-13-10-24(11-14(2)27-13)12-15-4-6-16(7-5-15)18(25)22-23-19-20-9-8-17(21-19)26-3/h4-9,13-14H,10-12H2,1-3H3,(H,22,25)(H,20,21,23)/t13-,14-/m1/s1. The molecule has 2 N–H and O–H groups in total. The van der Waals surface area contributed by atoms with Gasteiger partial charge in [0.2, 0.25) is 11.8 Å². The molecular formula is C19H25N5O3. The Hall–Kier alpha value is -2.71. The van der Waals surface area contributed by atoms with Crippen LogP contribution in [0, 0.1) is 0 Å². The highest BCUT2D eigenvalue weighted by molar-refractivity contribution is 5.94. The fourth-order valence-electron chi connectivity index (χ4n) is 3.13. The number of ether oxygens (including phenoxy) is 2. The Morgan fingerprint density at radius 2 is 1.93 bits per heavy atom. The molecule has 0 spiro atoms. The van der Waals surface area contributed by atoms with Crippen LogP contribution in [0.25, 0.3) is 0 Å². The van der Waals surface area contributed by atoms with Gasteiger partial charge in [0.1, 0.15) is 0 Å². The van der Waals surface area contributed by atoms with Crippen molar-refractivity contribution in [2.24, 2.45) is 0 Å². The zero-order valence-electron chi connectivity index (χ0n) is 15.8. The monoisotopic (exact) mass is 371 g/mol. The maximum atomic E-state index is 12.3. The van der Waals surface area contributed by atoms with Crippen LogP contribution in [0.1, 0.15) is 29.8 Å². The number of nitrogens with one attached hydrogen (secondary N) is 2. The van der Waals surface area contributed by atoms with Crippen LogP contribution in [-0.2, 0) is 11.3 Å². The minimum Gasteiger partial charge on any atom is -0.481 e. The zero-order valence-corrected chi connectivity index (χ0v) is 15.8. The molecule has 0 saturated carbocycles. The van der Waals surface area contributed by atoms with Crippen molar-refractivity contribution in [3.05, 3.63) is 47.7 Å². The number of carbonyl (C=O) groups excluding carboxylic acids is 1. The first-order valence-corrected chi connectivity index (χ1v) is 8.93. The molecule has 1 aliphatic rings. The lowest BCUT2D eigenvalue weighted by Gasteiger charge is -2.35. The van der Waals surface area contributed by atoms with E-state index in [9.17, 15) is 4.79 Å². The van der Waals surface area contributed by atoms with E-state index in [1.165, 1.54) is 7.11 Å². The number of methoxy groups -OCH3 is 1. The summed E-state index contributed by atoms with van der Waals surface area (Å²) in [6.45, 7) is 6.86. The second-order valence-corrected chi connectivity index (χ2v) is 6.65. The normalized spacial score (nSPS) is 20.1. The molecule has 1 amide bonds. The minimum absolute atomic E-state index is 0.240. The van der Waals surface area contributed by atoms with Gasteiger partial charge < -0.3 is 9.47 Å². The van der Waals surface area contributed by atoms with E-state index in [-0.39, 0.29) is 24.1 Å². The lowest BCUT2D eigenvalue weighted by Crippen LogP contribution is -2.44. The second-order valence-electron chi connectivity index (χ2n) is 6.65. The number of rotatable bonds is 6. The number of anilines is 1. The molecule has 1 fully saturated rings. The van der Waals surface area contributed by atoms with E-state index in [0.29, 0.717) is 11.4 Å². The van der Waals surface area contributed by atoms with Crippen LogP contribution in [-0.4, -0.2) is 53.2 Å². The Bertz CT molecular complexity index is 758. The molecule has 2 heterocycles. The molecule has 2 atom stereocenters. The summed E-state index contributed by atoms with van der Waals surface area (Å²) in [7, 11) is 1.52. The van der Waals surface area contributed by atoms with E-state index in [1.54, 1.807) is 12.3 Å². The van der Waals surface area contributed by atoms with Gasteiger partial charge in [0.15, 0.2) is 0 Å². The van der Waals surface area contributed by atoms with Gasteiger partial charge in [0.05, 0.1) is 19.3 Å². The third kappa shape index (κ3) is 5.38. The van der Waals surface area contributed by atoms with Crippen molar-refractivity contribution in [1.29, 1.82) is 0 Å². The molecule has 8 nitrogen and oxygen atoms in total. The van der Waals surface area contributed by atoms with Gasteiger partial charge in [0, 0.05) is 37.5 Å². The maximum Gasteiger partial charge on any atom is 0.269 e. The highest BCUT2D eigenvalue weighted by Gasteiger charge is 2.22. The number of benzene rings is 1. The predicted molar refractivity (Wildman–Crippen MR) is 101 cm³/mol.